The molecule has 0 bridgehead atoms. The standard InChI is InChI=1S/C9H8F4N2O2/c10-8(11)4-14-7-2-1-5(15(16)17)3-6(7)9(12)13/h1-3,8-9,14H,4H2. The predicted octanol–water partition coefficient (Wildman–Crippen LogP) is 3.21. The van der Waals surface area contributed by atoms with Crippen molar-refractivity contribution in [2.45, 2.75) is 12.9 Å². The van der Waals surface area contributed by atoms with Crippen LogP contribution in [0.4, 0.5) is 28.9 Å². The highest BCUT2D eigenvalue weighted by atomic mass is 19.3. The van der Waals surface area contributed by atoms with Crippen molar-refractivity contribution in [3.05, 3.63) is 33.9 Å². The molecule has 0 spiro atoms. The summed E-state index contributed by atoms with van der Waals surface area (Å²) in [5.74, 6) is 0. The van der Waals surface area contributed by atoms with Gasteiger partial charge in [-0.15, -0.1) is 0 Å². The summed E-state index contributed by atoms with van der Waals surface area (Å²) in [6.45, 7) is -0.794. The fourth-order valence-electron chi connectivity index (χ4n) is 1.19. The van der Waals surface area contributed by atoms with Gasteiger partial charge in [-0.1, -0.05) is 0 Å². The minimum absolute atomic E-state index is 0.231. The second-order valence-corrected chi connectivity index (χ2v) is 3.10. The Bertz CT molecular complexity index is 412. The largest absolute Gasteiger partial charge is 0.379 e. The van der Waals surface area contributed by atoms with E-state index >= 15 is 0 Å². The van der Waals surface area contributed by atoms with Gasteiger partial charge in [0, 0.05) is 23.4 Å². The summed E-state index contributed by atoms with van der Waals surface area (Å²) in [7, 11) is 0. The molecule has 17 heavy (non-hydrogen) atoms. The van der Waals surface area contributed by atoms with E-state index in [0.29, 0.717) is 6.07 Å². The molecule has 0 fully saturated rings. The molecule has 1 rings (SSSR count). The lowest BCUT2D eigenvalue weighted by atomic mass is 10.1. The summed E-state index contributed by atoms with van der Waals surface area (Å²) in [6.07, 6.45) is -5.68. The first kappa shape index (κ1) is 13.2. The lowest BCUT2D eigenvalue weighted by Crippen LogP contribution is -2.12. The van der Waals surface area contributed by atoms with Gasteiger partial charge in [-0.3, -0.25) is 10.1 Å². The number of nitrogens with zero attached hydrogens (tertiary/aromatic N) is 1. The second kappa shape index (κ2) is 5.46. The third-order valence-electron chi connectivity index (χ3n) is 1.93. The quantitative estimate of drug-likeness (QED) is 0.497. The molecule has 8 heteroatoms. The molecule has 0 aliphatic heterocycles. The number of hydrogen-bond donors (Lipinski definition) is 1. The van der Waals surface area contributed by atoms with Crippen LogP contribution in [-0.2, 0) is 0 Å². The van der Waals surface area contributed by atoms with Crippen molar-refractivity contribution in [1.82, 2.24) is 0 Å². The monoisotopic (exact) mass is 252 g/mol. The Morgan fingerprint density at radius 1 is 1.29 bits per heavy atom. The van der Waals surface area contributed by atoms with Crippen LogP contribution in [0.3, 0.4) is 0 Å². The summed E-state index contributed by atoms with van der Waals surface area (Å²) in [5, 5.41) is 12.5. The van der Waals surface area contributed by atoms with Crippen molar-refractivity contribution in [3.63, 3.8) is 0 Å². The molecule has 4 nitrogen and oxygen atoms in total. The number of nitrogens with one attached hydrogen (secondary N) is 1. The molecular weight excluding hydrogens is 244 g/mol. The molecule has 0 saturated heterocycles. The highest BCUT2D eigenvalue weighted by Gasteiger charge is 2.18. The van der Waals surface area contributed by atoms with E-state index in [1.165, 1.54) is 0 Å². The van der Waals surface area contributed by atoms with E-state index in [-0.39, 0.29) is 5.69 Å². The van der Waals surface area contributed by atoms with Crippen LogP contribution in [0, 0.1) is 10.1 Å². The average molecular weight is 252 g/mol. The van der Waals surface area contributed by atoms with Crippen LogP contribution in [0.25, 0.3) is 0 Å². The topological polar surface area (TPSA) is 55.2 Å². The minimum Gasteiger partial charge on any atom is -0.379 e. The van der Waals surface area contributed by atoms with Gasteiger partial charge in [0.15, 0.2) is 0 Å². The maximum atomic E-state index is 12.5. The zero-order chi connectivity index (χ0) is 13.0. The van der Waals surface area contributed by atoms with Gasteiger partial charge in [0.2, 0.25) is 0 Å². The number of benzene rings is 1. The molecule has 0 radical (unpaired) electrons. The van der Waals surface area contributed by atoms with Crippen LogP contribution in [0.1, 0.15) is 12.0 Å². The first-order valence-electron chi connectivity index (χ1n) is 4.50. The number of nitro benzene ring substituents is 1. The zero-order valence-corrected chi connectivity index (χ0v) is 8.37. The number of halogens is 4. The van der Waals surface area contributed by atoms with Gasteiger partial charge >= 0.3 is 0 Å². The van der Waals surface area contributed by atoms with Gasteiger partial charge in [-0.05, 0) is 6.07 Å². The Labute approximate surface area is 93.4 Å². The number of hydrogen-bond acceptors (Lipinski definition) is 3. The van der Waals surface area contributed by atoms with Crippen LogP contribution in [-0.4, -0.2) is 17.9 Å². The maximum Gasteiger partial charge on any atom is 0.270 e. The van der Waals surface area contributed by atoms with Gasteiger partial charge in [-0.2, -0.15) is 0 Å². The van der Waals surface area contributed by atoms with Gasteiger partial charge < -0.3 is 5.32 Å². The lowest BCUT2D eigenvalue weighted by molar-refractivity contribution is -0.385. The Morgan fingerprint density at radius 3 is 2.41 bits per heavy atom. The molecule has 0 unspecified atom stereocenters. The fraction of sp³-hybridized carbons (Fsp3) is 0.333. The lowest BCUT2D eigenvalue weighted by Gasteiger charge is -2.10. The van der Waals surface area contributed by atoms with Gasteiger partial charge in [0.1, 0.15) is 0 Å². The van der Waals surface area contributed by atoms with Crippen molar-refractivity contribution < 1.29 is 22.5 Å². The summed E-state index contributed by atoms with van der Waals surface area (Å²) in [5.41, 5.74) is -1.41. The molecule has 1 aromatic rings. The first-order valence-corrected chi connectivity index (χ1v) is 4.50. The van der Waals surface area contributed by atoms with Gasteiger partial charge in [-0.25, -0.2) is 17.6 Å². The summed E-state index contributed by atoms with van der Waals surface area (Å²) in [6, 6.07) is 2.63. The molecule has 0 heterocycles. The number of rotatable bonds is 5. The van der Waals surface area contributed by atoms with Crippen molar-refractivity contribution in [2.24, 2.45) is 0 Å². The van der Waals surface area contributed by atoms with Gasteiger partial charge in [0.05, 0.1) is 11.5 Å². The van der Waals surface area contributed by atoms with E-state index in [9.17, 15) is 27.7 Å². The van der Waals surface area contributed by atoms with Crippen molar-refractivity contribution in [1.29, 1.82) is 0 Å². The molecule has 0 saturated carbocycles. The number of non-ortho nitro benzene ring substituents is 1. The van der Waals surface area contributed by atoms with Gasteiger partial charge in [0.25, 0.3) is 18.5 Å². The number of nitro groups is 1. The first-order chi connectivity index (χ1) is 7.91. The Morgan fingerprint density at radius 2 is 1.94 bits per heavy atom. The fourth-order valence-corrected chi connectivity index (χ4v) is 1.19. The Hall–Kier alpha value is -1.86. The molecule has 0 aromatic heterocycles. The van der Waals surface area contributed by atoms with Crippen molar-refractivity contribution in [3.8, 4) is 0 Å². The van der Waals surface area contributed by atoms with Crippen molar-refractivity contribution >= 4 is 11.4 Å². The minimum atomic E-state index is -2.98. The summed E-state index contributed by atoms with van der Waals surface area (Å²) >= 11 is 0. The van der Waals surface area contributed by atoms with E-state index in [0.717, 1.165) is 12.1 Å². The summed E-state index contributed by atoms with van der Waals surface area (Å²) < 4.78 is 48.9. The van der Waals surface area contributed by atoms with Crippen LogP contribution in [0.15, 0.2) is 18.2 Å². The molecule has 94 valence electrons. The van der Waals surface area contributed by atoms with Crippen LogP contribution >= 0.6 is 0 Å². The average Bonchev–Trinajstić information content (AvgIpc) is 2.25. The van der Waals surface area contributed by atoms with Crippen LogP contribution in [0.5, 0.6) is 0 Å². The summed E-state index contributed by atoms with van der Waals surface area (Å²) in [4.78, 5) is 9.54. The number of anilines is 1. The van der Waals surface area contributed by atoms with E-state index in [1.807, 2.05) is 0 Å². The molecule has 1 aromatic carbocycles. The number of alkyl halides is 4. The van der Waals surface area contributed by atoms with E-state index in [2.05, 4.69) is 5.32 Å². The highest BCUT2D eigenvalue weighted by Crippen LogP contribution is 2.30. The molecule has 0 atom stereocenters. The molecule has 1 N–H and O–H groups in total. The molecule has 0 aliphatic carbocycles. The Balaban J connectivity index is 3.00. The third-order valence-corrected chi connectivity index (χ3v) is 1.93. The zero-order valence-electron chi connectivity index (χ0n) is 8.37. The molecular formula is C9H8F4N2O2. The molecule has 0 aliphatic rings. The third kappa shape index (κ3) is 3.58. The Kier molecular flexibility index (Phi) is 4.24. The van der Waals surface area contributed by atoms with E-state index in [4.69, 9.17) is 0 Å². The SMILES string of the molecule is O=[N+]([O-])c1ccc(NCC(F)F)c(C(F)F)c1. The van der Waals surface area contributed by atoms with E-state index < -0.39 is 35.6 Å². The molecule has 0 amide bonds. The van der Waals surface area contributed by atoms with E-state index in [1.54, 1.807) is 0 Å². The normalized spacial score (nSPS) is 10.9. The second-order valence-electron chi connectivity index (χ2n) is 3.10. The van der Waals surface area contributed by atoms with Crippen molar-refractivity contribution in [2.75, 3.05) is 11.9 Å². The maximum absolute atomic E-state index is 12.5. The van der Waals surface area contributed by atoms with Crippen LogP contribution < -0.4 is 5.32 Å². The smallest absolute Gasteiger partial charge is 0.270 e. The predicted molar refractivity (Wildman–Crippen MR) is 52.5 cm³/mol. The highest BCUT2D eigenvalue weighted by molar-refractivity contribution is 5.56. The van der Waals surface area contributed by atoms with Crippen LogP contribution in [0.2, 0.25) is 0 Å².